The average Bonchev–Trinajstić information content (AvgIpc) is 3.12. The molecule has 29 heavy (non-hydrogen) atoms. The van der Waals surface area contributed by atoms with Gasteiger partial charge in [-0.1, -0.05) is 31.6 Å². The standard InChI is InChI=1S/C25H32O4/c1-16(9-10-20-24(3,4)21-11-13-25(20,5)29-21)12-14-27-19-15-22(26)28-18-8-6-7-17(2)23(18)19/h6-8,12,15,20-21H,9-11,13-14H2,1-5H3/t20-,21-,25-/m0/s1. The third-order valence-corrected chi connectivity index (χ3v) is 7.22. The van der Waals surface area contributed by atoms with Gasteiger partial charge in [-0.2, -0.15) is 0 Å². The molecule has 0 radical (unpaired) electrons. The summed E-state index contributed by atoms with van der Waals surface area (Å²) in [6.45, 7) is 11.6. The number of fused-ring (bicyclic) bond motifs is 3. The van der Waals surface area contributed by atoms with E-state index in [0.29, 0.717) is 30.0 Å². The molecule has 1 aromatic carbocycles. The lowest BCUT2D eigenvalue weighted by atomic mass is 9.62. The van der Waals surface area contributed by atoms with E-state index in [0.717, 1.165) is 23.8 Å². The Kier molecular flexibility index (Phi) is 5.10. The van der Waals surface area contributed by atoms with E-state index in [1.165, 1.54) is 24.5 Å². The van der Waals surface area contributed by atoms with Crippen LogP contribution in [-0.2, 0) is 4.74 Å². The molecule has 2 saturated heterocycles. The molecule has 4 nitrogen and oxygen atoms in total. The second-order valence-corrected chi connectivity index (χ2v) is 9.61. The van der Waals surface area contributed by atoms with Crippen molar-refractivity contribution in [2.24, 2.45) is 11.3 Å². The highest BCUT2D eigenvalue weighted by atomic mass is 16.5. The van der Waals surface area contributed by atoms with Gasteiger partial charge in [0, 0.05) is 0 Å². The van der Waals surface area contributed by atoms with Crippen molar-refractivity contribution in [3.63, 3.8) is 0 Å². The monoisotopic (exact) mass is 396 g/mol. The van der Waals surface area contributed by atoms with Crippen molar-refractivity contribution in [2.75, 3.05) is 6.61 Å². The van der Waals surface area contributed by atoms with Crippen LogP contribution in [0.15, 0.2) is 45.1 Å². The first kappa shape index (κ1) is 20.2. The van der Waals surface area contributed by atoms with Gasteiger partial charge in [0.25, 0.3) is 0 Å². The Balaban J connectivity index is 1.41. The first-order valence-corrected chi connectivity index (χ1v) is 10.7. The predicted molar refractivity (Wildman–Crippen MR) is 115 cm³/mol. The Morgan fingerprint density at radius 2 is 2.10 bits per heavy atom. The zero-order valence-electron chi connectivity index (χ0n) is 18.2. The van der Waals surface area contributed by atoms with E-state index in [1.54, 1.807) is 6.07 Å². The molecule has 4 rings (SSSR count). The molecule has 156 valence electrons. The number of aryl methyl sites for hydroxylation is 1. The number of rotatable bonds is 6. The molecule has 0 saturated carbocycles. The highest BCUT2D eigenvalue weighted by molar-refractivity contribution is 5.86. The van der Waals surface area contributed by atoms with E-state index in [1.807, 2.05) is 19.1 Å². The van der Waals surface area contributed by atoms with Crippen LogP contribution in [0.5, 0.6) is 5.75 Å². The molecule has 3 heterocycles. The SMILES string of the molecule is CC(=CCOc1cc(=O)oc2cccc(C)c12)CC[C@H]1C(C)(C)[C@@H]2CC[C@]1(C)O2. The van der Waals surface area contributed by atoms with Gasteiger partial charge in [0.1, 0.15) is 17.9 Å². The topological polar surface area (TPSA) is 48.7 Å². The molecule has 0 amide bonds. The molecule has 2 aromatic rings. The van der Waals surface area contributed by atoms with E-state index in [9.17, 15) is 4.79 Å². The molecule has 4 heteroatoms. The van der Waals surface area contributed by atoms with Crippen LogP contribution in [0.25, 0.3) is 11.0 Å². The first-order chi connectivity index (χ1) is 13.7. The van der Waals surface area contributed by atoms with E-state index in [4.69, 9.17) is 13.9 Å². The Hall–Kier alpha value is -2.07. The van der Waals surface area contributed by atoms with Gasteiger partial charge in [-0.15, -0.1) is 0 Å². The Bertz CT molecular complexity index is 995. The minimum absolute atomic E-state index is 0.0411. The van der Waals surface area contributed by atoms with Crippen LogP contribution < -0.4 is 10.4 Å². The molecule has 3 atom stereocenters. The van der Waals surface area contributed by atoms with Crippen LogP contribution in [-0.4, -0.2) is 18.3 Å². The van der Waals surface area contributed by atoms with Crippen LogP contribution in [0, 0.1) is 18.3 Å². The van der Waals surface area contributed by atoms with Crippen LogP contribution in [0.1, 0.15) is 58.9 Å². The molecule has 2 aliphatic heterocycles. The van der Waals surface area contributed by atoms with Gasteiger partial charge in [0.2, 0.25) is 0 Å². The summed E-state index contributed by atoms with van der Waals surface area (Å²) in [5.74, 6) is 1.18. The number of hydrogen-bond donors (Lipinski definition) is 0. The molecule has 0 N–H and O–H groups in total. The summed E-state index contributed by atoms with van der Waals surface area (Å²) in [4.78, 5) is 11.8. The minimum atomic E-state index is -0.384. The summed E-state index contributed by atoms with van der Waals surface area (Å²) in [6.07, 6.45) is 7.09. The average molecular weight is 397 g/mol. The second-order valence-electron chi connectivity index (χ2n) is 9.61. The van der Waals surface area contributed by atoms with E-state index in [2.05, 4.69) is 33.8 Å². The van der Waals surface area contributed by atoms with Gasteiger partial charge in [-0.05, 0) is 75.5 Å². The summed E-state index contributed by atoms with van der Waals surface area (Å²) < 4.78 is 17.6. The van der Waals surface area contributed by atoms with E-state index < -0.39 is 0 Å². The van der Waals surface area contributed by atoms with Crippen molar-refractivity contribution in [2.45, 2.75) is 72.0 Å². The highest BCUT2D eigenvalue weighted by Gasteiger charge is 2.60. The minimum Gasteiger partial charge on any atom is -0.488 e. The molecule has 0 unspecified atom stereocenters. The lowest BCUT2D eigenvalue weighted by Gasteiger charge is -2.39. The van der Waals surface area contributed by atoms with E-state index >= 15 is 0 Å². The van der Waals surface area contributed by atoms with Crippen LogP contribution in [0.2, 0.25) is 0 Å². The molecule has 0 spiro atoms. The van der Waals surface area contributed by atoms with Crippen molar-refractivity contribution in [1.29, 1.82) is 0 Å². The lowest BCUT2D eigenvalue weighted by molar-refractivity contribution is 0.00469. The first-order valence-electron chi connectivity index (χ1n) is 10.7. The molecular formula is C25H32O4. The third kappa shape index (κ3) is 3.63. The quantitative estimate of drug-likeness (QED) is 0.457. The van der Waals surface area contributed by atoms with Crippen molar-refractivity contribution in [1.82, 2.24) is 0 Å². The normalized spacial score (nSPS) is 28.2. The van der Waals surface area contributed by atoms with Gasteiger partial charge in [0.05, 0.1) is 23.2 Å². The fourth-order valence-corrected chi connectivity index (χ4v) is 5.55. The fourth-order valence-electron chi connectivity index (χ4n) is 5.55. The van der Waals surface area contributed by atoms with Gasteiger partial charge in [0.15, 0.2) is 0 Å². The zero-order valence-corrected chi connectivity index (χ0v) is 18.2. The van der Waals surface area contributed by atoms with Gasteiger partial charge < -0.3 is 13.9 Å². The Morgan fingerprint density at radius 1 is 1.31 bits per heavy atom. The number of hydrogen-bond acceptors (Lipinski definition) is 4. The maximum absolute atomic E-state index is 11.8. The maximum Gasteiger partial charge on any atom is 0.339 e. The third-order valence-electron chi connectivity index (χ3n) is 7.22. The Labute approximate surface area is 172 Å². The molecule has 2 bridgehead atoms. The van der Waals surface area contributed by atoms with Gasteiger partial charge >= 0.3 is 5.63 Å². The van der Waals surface area contributed by atoms with Crippen molar-refractivity contribution in [3.8, 4) is 5.75 Å². The van der Waals surface area contributed by atoms with Crippen LogP contribution >= 0.6 is 0 Å². The molecule has 0 aliphatic carbocycles. The van der Waals surface area contributed by atoms with Gasteiger partial charge in [-0.3, -0.25) is 0 Å². The largest absolute Gasteiger partial charge is 0.488 e. The molecule has 1 aromatic heterocycles. The second kappa shape index (κ2) is 7.32. The fraction of sp³-hybridized carbons (Fsp3) is 0.560. The summed E-state index contributed by atoms with van der Waals surface area (Å²) in [5.41, 5.74) is 2.83. The zero-order chi connectivity index (χ0) is 20.8. The van der Waals surface area contributed by atoms with Crippen molar-refractivity contribution < 1.29 is 13.9 Å². The Morgan fingerprint density at radius 3 is 2.83 bits per heavy atom. The van der Waals surface area contributed by atoms with Gasteiger partial charge in [-0.25, -0.2) is 4.79 Å². The molecular weight excluding hydrogens is 364 g/mol. The van der Waals surface area contributed by atoms with E-state index in [-0.39, 0.29) is 16.6 Å². The van der Waals surface area contributed by atoms with Crippen LogP contribution in [0.4, 0.5) is 0 Å². The molecule has 2 fully saturated rings. The number of benzene rings is 1. The summed E-state index contributed by atoms with van der Waals surface area (Å²) in [7, 11) is 0. The van der Waals surface area contributed by atoms with Crippen LogP contribution in [0.3, 0.4) is 0 Å². The number of allylic oxidation sites excluding steroid dienone is 1. The van der Waals surface area contributed by atoms with Crippen molar-refractivity contribution >= 4 is 11.0 Å². The lowest BCUT2D eigenvalue weighted by Crippen LogP contribution is -2.40. The maximum atomic E-state index is 11.8. The summed E-state index contributed by atoms with van der Waals surface area (Å²) in [6, 6.07) is 7.12. The summed E-state index contributed by atoms with van der Waals surface area (Å²) >= 11 is 0. The number of ether oxygens (including phenoxy) is 2. The summed E-state index contributed by atoms with van der Waals surface area (Å²) in [5, 5.41) is 0.868. The highest BCUT2D eigenvalue weighted by Crippen LogP contribution is 2.59. The predicted octanol–water partition coefficient (Wildman–Crippen LogP) is 5.80. The van der Waals surface area contributed by atoms with Crippen molar-refractivity contribution in [3.05, 3.63) is 51.9 Å². The smallest absolute Gasteiger partial charge is 0.339 e. The molecule has 2 aliphatic rings.